The van der Waals surface area contributed by atoms with Crippen LogP contribution in [0.4, 0.5) is 0 Å². The highest BCUT2D eigenvalue weighted by Gasteiger charge is 2.21. The first kappa shape index (κ1) is 24.9. The van der Waals surface area contributed by atoms with Gasteiger partial charge in [-0.05, 0) is 93.0 Å². The minimum Gasteiger partial charge on any atom is -0.508 e. The van der Waals surface area contributed by atoms with Gasteiger partial charge in [-0.3, -0.25) is 0 Å². The first-order valence-corrected chi connectivity index (χ1v) is 12.5. The monoisotopic (exact) mass is 454 g/mol. The van der Waals surface area contributed by atoms with E-state index >= 15 is 0 Å². The topological polar surface area (TPSA) is 76.0 Å². The summed E-state index contributed by atoms with van der Waals surface area (Å²) >= 11 is 0. The highest BCUT2D eigenvalue weighted by atomic mass is 16.5. The van der Waals surface area contributed by atoms with Crippen molar-refractivity contribution in [1.82, 2.24) is 0 Å². The van der Waals surface area contributed by atoms with E-state index in [4.69, 9.17) is 9.47 Å². The lowest BCUT2D eigenvalue weighted by atomic mass is 9.77. The molecule has 1 fully saturated rings. The quantitative estimate of drug-likeness (QED) is 0.268. The average Bonchev–Trinajstić information content (AvgIpc) is 2.81. The number of phenolic OH excluding ortho intramolecular Hbond substituents is 2. The molecule has 33 heavy (non-hydrogen) atoms. The van der Waals surface area contributed by atoms with Crippen LogP contribution in [0.2, 0.25) is 0 Å². The molecule has 5 heteroatoms. The molecule has 1 aliphatic carbocycles. The fourth-order valence-electron chi connectivity index (χ4n) is 4.74. The molecule has 0 radical (unpaired) electrons. The van der Waals surface area contributed by atoms with Gasteiger partial charge < -0.3 is 19.7 Å². The van der Waals surface area contributed by atoms with E-state index in [9.17, 15) is 15.0 Å². The Balaban J connectivity index is 1.24. The van der Waals surface area contributed by atoms with E-state index in [0.717, 1.165) is 37.4 Å². The number of ether oxygens (including phenoxy) is 2. The van der Waals surface area contributed by atoms with Gasteiger partial charge in [0.25, 0.3) is 0 Å². The van der Waals surface area contributed by atoms with Crippen molar-refractivity contribution in [2.75, 3.05) is 13.2 Å². The second-order valence-corrected chi connectivity index (χ2v) is 9.21. The third kappa shape index (κ3) is 8.30. The number of hydrogen-bond donors (Lipinski definition) is 2. The van der Waals surface area contributed by atoms with E-state index in [1.165, 1.54) is 62.3 Å². The zero-order valence-corrected chi connectivity index (χ0v) is 19.8. The van der Waals surface area contributed by atoms with Gasteiger partial charge in [-0.2, -0.15) is 0 Å². The molecule has 5 nitrogen and oxygen atoms in total. The number of rotatable bonds is 12. The lowest BCUT2D eigenvalue weighted by Gasteiger charge is -2.28. The van der Waals surface area contributed by atoms with Crippen LogP contribution >= 0.6 is 0 Å². The largest absolute Gasteiger partial charge is 0.508 e. The summed E-state index contributed by atoms with van der Waals surface area (Å²) in [5.41, 5.74) is 1.60. The molecule has 2 N–H and O–H groups in total. The van der Waals surface area contributed by atoms with Crippen LogP contribution < -0.4 is 4.74 Å². The normalized spacial score (nSPS) is 18.1. The summed E-state index contributed by atoms with van der Waals surface area (Å²) in [6.07, 6.45) is 11.7. The first-order valence-electron chi connectivity index (χ1n) is 12.5. The van der Waals surface area contributed by atoms with Gasteiger partial charge in [0.15, 0.2) is 0 Å². The second kappa shape index (κ2) is 13.1. The van der Waals surface area contributed by atoms with Crippen molar-refractivity contribution in [3.8, 4) is 17.2 Å². The molecule has 1 saturated carbocycles. The van der Waals surface area contributed by atoms with Crippen LogP contribution in [0.5, 0.6) is 17.2 Å². The maximum absolute atomic E-state index is 11.9. The standard InChI is InChI=1S/C28H38O5/c1-2-7-21-8-10-22(11-9-21)23-12-14-27(15-13-23)32-16-5-3-4-6-17-33-28(31)24-18-25(29)20-26(30)19-24/h12-15,18-22,29-30H,2-11,16-17H2,1H3/t21-,22-. The van der Waals surface area contributed by atoms with E-state index in [0.29, 0.717) is 19.1 Å². The summed E-state index contributed by atoms with van der Waals surface area (Å²) in [5.74, 6) is 1.72. The van der Waals surface area contributed by atoms with Crippen LogP contribution in [0.1, 0.15) is 93.0 Å². The van der Waals surface area contributed by atoms with Crippen LogP contribution in [0.25, 0.3) is 0 Å². The molecule has 0 aromatic heterocycles. The van der Waals surface area contributed by atoms with Crippen LogP contribution in [-0.2, 0) is 4.74 Å². The smallest absolute Gasteiger partial charge is 0.338 e. The molecule has 0 spiro atoms. The average molecular weight is 455 g/mol. The van der Waals surface area contributed by atoms with E-state index in [-0.39, 0.29) is 17.1 Å². The van der Waals surface area contributed by atoms with Crippen molar-refractivity contribution in [2.24, 2.45) is 5.92 Å². The van der Waals surface area contributed by atoms with Gasteiger partial charge in [-0.15, -0.1) is 0 Å². The van der Waals surface area contributed by atoms with Crippen molar-refractivity contribution in [2.45, 2.75) is 77.0 Å². The maximum atomic E-state index is 11.9. The molecule has 3 rings (SSSR count). The Bertz CT molecular complexity index is 833. The summed E-state index contributed by atoms with van der Waals surface area (Å²) in [4.78, 5) is 11.9. The van der Waals surface area contributed by atoms with Crippen molar-refractivity contribution in [3.63, 3.8) is 0 Å². The number of unbranched alkanes of at least 4 members (excludes halogenated alkanes) is 3. The summed E-state index contributed by atoms with van der Waals surface area (Å²) in [5, 5.41) is 18.9. The number of carbonyl (C=O) groups excluding carboxylic acids is 1. The minimum atomic E-state index is -0.540. The van der Waals surface area contributed by atoms with Crippen molar-refractivity contribution in [1.29, 1.82) is 0 Å². The number of esters is 1. The second-order valence-electron chi connectivity index (χ2n) is 9.21. The Kier molecular flexibility index (Phi) is 9.92. The van der Waals surface area contributed by atoms with Gasteiger partial charge in [0.05, 0.1) is 18.8 Å². The van der Waals surface area contributed by atoms with Gasteiger partial charge in [0.1, 0.15) is 17.2 Å². The molecule has 2 aromatic rings. The first-order chi connectivity index (χ1) is 16.0. The summed E-state index contributed by atoms with van der Waals surface area (Å²) in [7, 11) is 0. The van der Waals surface area contributed by atoms with Gasteiger partial charge in [-0.1, -0.05) is 31.9 Å². The van der Waals surface area contributed by atoms with Crippen LogP contribution in [-0.4, -0.2) is 29.4 Å². The molecule has 0 heterocycles. The van der Waals surface area contributed by atoms with Gasteiger partial charge in [-0.25, -0.2) is 4.79 Å². The molecule has 1 aliphatic rings. The van der Waals surface area contributed by atoms with Crippen LogP contribution in [0, 0.1) is 5.92 Å². The predicted molar refractivity (Wildman–Crippen MR) is 130 cm³/mol. The Morgan fingerprint density at radius 3 is 2.15 bits per heavy atom. The fraction of sp³-hybridized carbons (Fsp3) is 0.536. The highest BCUT2D eigenvalue weighted by molar-refractivity contribution is 5.90. The minimum absolute atomic E-state index is 0.149. The molecule has 2 aromatic carbocycles. The number of phenols is 2. The Hall–Kier alpha value is -2.69. The number of aromatic hydroxyl groups is 2. The lowest BCUT2D eigenvalue weighted by molar-refractivity contribution is 0.0496. The van der Waals surface area contributed by atoms with Crippen molar-refractivity contribution in [3.05, 3.63) is 53.6 Å². The molecule has 0 amide bonds. The molecule has 0 aliphatic heterocycles. The van der Waals surface area contributed by atoms with E-state index < -0.39 is 5.97 Å². The highest BCUT2D eigenvalue weighted by Crippen LogP contribution is 2.37. The van der Waals surface area contributed by atoms with Crippen molar-refractivity contribution < 1.29 is 24.5 Å². The lowest BCUT2D eigenvalue weighted by Crippen LogP contribution is -2.13. The van der Waals surface area contributed by atoms with Gasteiger partial charge >= 0.3 is 5.97 Å². The van der Waals surface area contributed by atoms with E-state index in [1.807, 2.05) is 0 Å². The summed E-state index contributed by atoms with van der Waals surface area (Å²) in [6, 6.07) is 12.4. The van der Waals surface area contributed by atoms with Crippen molar-refractivity contribution >= 4 is 5.97 Å². The summed E-state index contributed by atoms with van der Waals surface area (Å²) in [6.45, 7) is 3.29. The third-order valence-electron chi connectivity index (χ3n) is 6.57. The van der Waals surface area contributed by atoms with E-state index in [2.05, 4.69) is 31.2 Å². The molecular formula is C28H38O5. The Morgan fingerprint density at radius 2 is 1.52 bits per heavy atom. The molecule has 180 valence electrons. The Labute approximate surface area is 197 Å². The predicted octanol–water partition coefficient (Wildman–Crippen LogP) is 6.97. The number of hydrogen-bond acceptors (Lipinski definition) is 5. The molecule has 0 unspecified atom stereocenters. The third-order valence-corrected chi connectivity index (χ3v) is 6.57. The molecule has 0 bridgehead atoms. The van der Waals surface area contributed by atoms with E-state index in [1.54, 1.807) is 0 Å². The van der Waals surface area contributed by atoms with Crippen LogP contribution in [0.3, 0.4) is 0 Å². The number of carbonyl (C=O) groups is 1. The summed E-state index contributed by atoms with van der Waals surface area (Å²) < 4.78 is 11.1. The fourth-order valence-corrected chi connectivity index (χ4v) is 4.74. The SMILES string of the molecule is CCC[C@H]1CC[C@H](c2ccc(OCCCCCCOC(=O)c3cc(O)cc(O)c3)cc2)CC1. The zero-order chi connectivity index (χ0) is 23.5. The van der Waals surface area contributed by atoms with Crippen LogP contribution in [0.15, 0.2) is 42.5 Å². The number of benzene rings is 2. The maximum Gasteiger partial charge on any atom is 0.338 e. The molecule has 0 saturated heterocycles. The van der Waals surface area contributed by atoms with Gasteiger partial charge in [0.2, 0.25) is 0 Å². The Morgan fingerprint density at radius 1 is 0.879 bits per heavy atom. The molecule has 0 atom stereocenters. The van der Waals surface area contributed by atoms with Gasteiger partial charge in [0, 0.05) is 6.07 Å². The molecular weight excluding hydrogens is 416 g/mol. The zero-order valence-electron chi connectivity index (χ0n) is 19.8.